The van der Waals surface area contributed by atoms with Crippen molar-refractivity contribution in [3.8, 4) is 0 Å². The van der Waals surface area contributed by atoms with Gasteiger partial charge in [0, 0.05) is 17.1 Å². The molecule has 0 amide bonds. The van der Waals surface area contributed by atoms with Gasteiger partial charge >= 0.3 is 0 Å². The van der Waals surface area contributed by atoms with Crippen LogP contribution in [-0.2, 0) is 0 Å². The van der Waals surface area contributed by atoms with Crippen LogP contribution in [0.1, 0.15) is 24.4 Å². The van der Waals surface area contributed by atoms with Crippen LogP contribution >= 0.6 is 27.5 Å². The Balaban J connectivity index is 1.94. The van der Waals surface area contributed by atoms with Gasteiger partial charge in [-0.15, -0.1) is 0 Å². The lowest BCUT2D eigenvalue weighted by Gasteiger charge is -2.26. The molecule has 104 valence electrons. The van der Waals surface area contributed by atoms with Crippen LogP contribution in [0.3, 0.4) is 0 Å². The average molecular weight is 354 g/mol. The third-order valence-electron chi connectivity index (χ3n) is 3.50. The molecule has 1 atom stereocenters. The van der Waals surface area contributed by atoms with Gasteiger partial charge in [0.25, 0.3) is 0 Å². The Morgan fingerprint density at radius 3 is 2.70 bits per heavy atom. The Hall–Kier alpha value is -1.33. The van der Waals surface area contributed by atoms with Crippen molar-refractivity contribution in [2.24, 2.45) is 0 Å². The van der Waals surface area contributed by atoms with E-state index in [2.05, 4.69) is 55.1 Å². The van der Waals surface area contributed by atoms with Crippen LogP contribution in [0.5, 0.6) is 0 Å². The number of nitrogens with two attached hydrogens (primary N) is 1. The quantitative estimate of drug-likeness (QED) is 0.834. The molecule has 2 aromatic rings. The molecule has 4 nitrogen and oxygen atoms in total. The number of aromatic nitrogens is 2. The van der Waals surface area contributed by atoms with Crippen LogP contribution in [0.4, 0.5) is 11.8 Å². The van der Waals surface area contributed by atoms with E-state index in [1.807, 2.05) is 0 Å². The van der Waals surface area contributed by atoms with E-state index in [-0.39, 0.29) is 5.95 Å². The molecule has 1 saturated heterocycles. The van der Waals surface area contributed by atoms with Crippen LogP contribution < -0.4 is 10.6 Å². The van der Waals surface area contributed by atoms with E-state index in [4.69, 9.17) is 17.3 Å². The SMILES string of the molecule is Nc1nc(Cl)cc(N2CCC[C@H]2c2ccc(Br)cc2)n1. The van der Waals surface area contributed by atoms with E-state index in [0.717, 1.165) is 29.7 Å². The molecule has 0 unspecified atom stereocenters. The van der Waals surface area contributed by atoms with Gasteiger partial charge < -0.3 is 10.6 Å². The summed E-state index contributed by atoms with van der Waals surface area (Å²) in [6, 6.07) is 10.5. The van der Waals surface area contributed by atoms with E-state index in [1.54, 1.807) is 6.07 Å². The van der Waals surface area contributed by atoms with Gasteiger partial charge in [-0.3, -0.25) is 0 Å². The maximum absolute atomic E-state index is 5.98. The molecule has 0 radical (unpaired) electrons. The van der Waals surface area contributed by atoms with Crippen molar-refractivity contribution in [2.75, 3.05) is 17.2 Å². The van der Waals surface area contributed by atoms with Gasteiger partial charge in [0.1, 0.15) is 11.0 Å². The third kappa shape index (κ3) is 2.74. The minimum atomic E-state index is 0.217. The summed E-state index contributed by atoms with van der Waals surface area (Å²) in [7, 11) is 0. The van der Waals surface area contributed by atoms with Gasteiger partial charge in [-0.05, 0) is 30.5 Å². The molecule has 1 aliphatic heterocycles. The van der Waals surface area contributed by atoms with Crippen molar-refractivity contribution < 1.29 is 0 Å². The third-order valence-corrected chi connectivity index (χ3v) is 4.22. The molecular formula is C14H14BrClN4. The van der Waals surface area contributed by atoms with E-state index in [0.29, 0.717) is 11.2 Å². The second-order valence-electron chi connectivity index (χ2n) is 4.81. The fourth-order valence-corrected chi connectivity index (χ4v) is 3.09. The largest absolute Gasteiger partial charge is 0.368 e. The first-order valence-electron chi connectivity index (χ1n) is 6.45. The summed E-state index contributed by atoms with van der Waals surface area (Å²) in [6.07, 6.45) is 2.23. The van der Waals surface area contributed by atoms with Crippen LogP contribution in [0, 0.1) is 0 Å². The molecule has 0 bridgehead atoms. The number of nitrogens with zero attached hydrogens (tertiary/aromatic N) is 3. The predicted octanol–water partition coefficient (Wildman–Crippen LogP) is 3.82. The summed E-state index contributed by atoms with van der Waals surface area (Å²) >= 11 is 9.44. The Labute approximate surface area is 131 Å². The minimum Gasteiger partial charge on any atom is -0.368 e. The lowest BCUT2D eigenvalue weighted by molar-refractivity contribution is 0.711. The van der Waals surface area contributed by atoms with Gasteiger partial charge in [0.15, 0.2) is 0 Å². The van der Waals surface area contributed by atoms with Crippen LogP contribution in [0.25, 0.3) is 0 Å². The Morgan fingerprint density at radius 2 is 2.00 bits per heavy atom. The first-order chi connectivity index (χ1) is 9.63. The van der Waals surface area contributed by atoms with Crippen molar-refractivity contribution in [3.63, 3.8) is 0 Å². The van der Waals surface area contributed by atoms with Gasteiger partial charge in [0.2, 0.25) is 5.95 Å². The van der Waals surface area contributed by atoms with E-state index in [9.17, 15) is 0 Å². The minimum absolute atomic E-state index is 0.217. The number of hydrogen-bond acceptors (Lipinski definition) is 4. The fourth-order valence-electron chi connectivity index (χ4n) is 2.64. The molecule has 20 heavy (non-hydrogen) atoms. The molecule has 1 aromatic carbocycles. The summed E-state index contributed by atoms with van der Waals surface area (Å²) in [5, 5.41) is 0.383. The second kappa shape index (κ2) is 5.58. The topological polar surface area (TPSA) is 55.0 Å². The predicted molar refractivity (Wildman–Crippen MR) is 84.9 cm³/mol. The zero-order valence-electron chi connectivity index (χ0n) is 10.8. The molecule has 1 fully saturated rings. The van der Waals surface area contributed by atoms with Crippen molar-refractivity contribution in [3.05, 3.63) is 45.5 Å². The molecule has 2 N–H and O–H groups in total. The average Bonchev–Trinajstić information content (AvgIpc) is 2.87. The van der Waals surface area contributed by atoms with Crippen molar-refractivity contribution in [2.45, 2.75) is 18.9 Å². The highest BCUT2D eigenvalue weighted by Crippen LogP contribution is 2.36. The molecule has 0 saturated carbocycles. The highest BCUT2D eigenvalue weighted by Gasteiger charge is 2.27. The van der Waals surface area contributed by atoms with Crippen molar-refractivity contribution in [1.29, 1.82) is 0 Å². The maximum Gasteiger partial charge on any atom is 0.223 e. The van der Waals surface area contributed by atoms with Crippen LogP contribution in [-0.4, -0.2) is 16.5 Å². The van der Waals surface area contributed by atoms with Crippen LogP contribution in [0.15, 0.2) is 34.8 Å². The number of hydrogen-bond donors (Lipinski definition) is 1. The van der Waals surface area contributed by atoms with E-state index < -0.39 is 0 Å². The lowest BCUT2D eigenvalue weighted by Crippen LogP contribution is -2.24. The monoisotopic (exact) mass is 352 g/mol. The molecule has 6 heteroatoms. The number of nitrogen functional groups attached to an aromatic ring is 1. The summed E-state index contributed by atoms with van der Waals surface area (Å²) < 4.78 is 1.08. The molecular weight excluding hydrogens is 340 g/mol. The Bertz CT molecular complexity index is 597. The van der Waals surface area contributed by atoms with E-state index in [1.165, 1.54) is 5.56 Å². The first-order valence-corrected chi connectivity index (χ1v) is 7.63. The van der Waals surface area contributed by atoms with Gasteiger partial charge in [0.05, 0.1) is 6.04 Å². The molecule has 0 spiro atoms. The van der Waals surface area contributed by atoms with Gasteiger partial charge in [-0.2, -0.15) is 4.98 Å². The fraction of sp³-hybridized carbons (Fsp3) is 0.286. The Kier molecular flexibility index (Phi) is 3.81. The zero-order chi connectivity index (χ0) is 14.1. The van der Waals surface area contributed by atoms with E-state index >= 15 is 0 Å². The Morgan fingerprint density at radius 1 is 1.25 bits per heavy atom. The summed E-state index contributed by atoms with van der Waals surface area (Å²) in [5.74, 6) is 1.02. The smallest absolute Gasteiger partial charge is 0.223 e. The molecule has 0 aliphatic carbocycles. The molecule has 2 heterocycles. The summed E-state index contributed by atoms with van der Waals surface area (Å²) in [5.41, 5.74) is 6.97. The molecule has 3 rings (SSSR count). The van der Waals surface area contributed by atoms with Gasteiger partial charge in [-0.1, -0.05) is 39.7 Å². The highest BCUT2D eigenvalue weighted by atomic mass is 79.9. The zero-order valence-corrected chi connectivity index (χ0v) is 13.1. The number of halogens is 2. The summed E-state index contributed by atoms with van der Waals surface area (Å²) in [4.78, 5) is 10.5. The van der Waals surface area contributed by atoms with Gasteiger partial charge in [-0.25, -0.2) is 4.98 Å². The van der Waals surface area contributed by atoms with Crippen LogP contribution in [0.2, 0.25) is 5.15 Å². The standard InChI is InChI=1S/C14H14BrClN4/c15-10-5-3-9(4-6-10)11-2-1-7-20(11)13-8-12(16)18-14(17)19-13/h3-6,8,11H,1-2,7H2,(H2,17,18,19)/t11-/m0/s1. The number of benzene rings is 1. The van der Waals surface area contributed by atoms with Crippen molar-refractivity contribution >= 4 is 39.3 Å². The maximum atomic E-state index is 5.98. The first kappa shape index (κ1) is 13.6. The number of rotatable bonds is 2. The molecule has 1 aromatic heterocycles. The number of anilines is 2. The lowest BCUT2D eigenvalue weighted by atomic mass is 10.0. The molecule has 1 aliphatic rings. The summed E-state index contributed by atoms with van der Waals surface area (Å²) in [6.45, 7) is 0.952. The highest BCUT2D eigenvalue weighted by molar-refractivity contribution is 9.10. The second-order valence-corrected chi connectivity index (χ2v) is 6.11. The van der Waals surface area contributed by atoms with Crippen molar-refractivity contribution in [1.82, 2.24) is 9.97 Å². The normalized spacial score (nSPS) is 18.5.